The highest BCUT2D eigenvalue weighted by Gasteiger charge is 2.24. The van der Waals surface area contributed by atoms with E-state index in [1.807, 2.05) is 4.90 Å². The summed E-state index contributed by atoms with van der Waals surface area (Å²) in [7, 11) is 0. The van der Waals surface area contributed by atoms with Crippen molar-refractivity contribution in [1.29, 1.82) is 0 Å². The highest BCUT2D eigenvalue weighted by atomic mass is 19.1. The van der Waals surface area contributed by atoms with Crippen molar-refractivity contribution in [3.8, 4) is 5.75 Å². The molecule has 1 aliphatic heterocycles. The minimum atomic E-state index is -0.278. The van der Waals surface area contributed by atoms with Gasteiger partial charge in [-0.3, -0.25) is 4.79 Å². The molecule has 0 radical (unpaired) electrons. The predicted molar refractivity (Wildman–Crippen MR) is 86.8 cm³/mol. The van der Waals surface area contributed by atoms with Gasteiger partial charge in [0.2, 0.25) is 0 Å². The van der Waals surface area contributed by atoms with E-state index < -0.39 is 0 Å². The van der Waals surface area contributed by atoms with E-state index >= 15 is 0 Å². The number of hydrogen-bond acceptors (Lipinski definition) is 3. The van der Waals surface area contributed by atoms with Gasteiger partial charge in [-0.2, -0.15) is 0 Å². The lowest BCUT2D eigenvalue weighted by Gasteiger charge is -2.32. The summed E-state index contributed by atoms with van der Waals surface area (Å²) in [5.41, 5.74) is 6.93. The number of benzene rings is 2. The largest absolute Gasteiger partial charge is 0.490 e. The fourth-order valence-corrected chi connectivity index (χ4v) is 2.74. The molecule has 0 spiro atoms. The third kappa shape index (κ3) is 3.80. The Morgan fingerprint density at radius 2 is 1.83 bits per heavy atom. The predicted octanol–water partition coefficient (Wildman–Crippen LogP) is 3.09. The van der Waals surface area contributed by atoms with Crippen LogP contribution in [0.1, 0.15) is 23.2 Å². The number of nitrogens with two attached hydrogens (primary N) is 1. The number of hydrogen-bond donors (Lipinski definition) is 1. The molecule has 1 saturated heterocycles. The van der Waals surface area contributed by atoms with E-state index in [-0.39, 0.29) is 17.8 Å². The van der Waals surface area contributed by atoms with Crippen LogP contribution >= 0.6 is 0 Å². The van der Waals surface area contributed by atoms with Crippen molar-refractivity contribution in [3.63, 3.8) is 0 Å². The molecule has 1 fully saturated rings. The molecule has 1 heterocycles. The van der Waals surface area contributed by atoms with Gasteiger partial charge >= 0.3 is 0 Å². The number of piperidine rings is 1. The molecule has 2 aromatic carbocycles. The summed E-state index contributed by atoms with van der Waals surface area (Å²) in [6, 6.07) is 13.0. The number of carbonyl (C=O) groups excluding carboxylic acids is 1. The first kappa shape index (κ1) is 15.3. The molecule has 0 unspecified atom stereocenters. The van der Waals surface area contributed by atoms with Gasteiger partial charge in [0.1, 0.15) is 17.7 Å². The van der Waals surface area contributed by atoms with Crippen molar-refractivity contribution >= 4 is 11.6 Å². The summed E-state index contributed by atoms with van der Waals surface area (Å²) in [6.07, 6.45) is 1.56. The quantitative estimate of drug-likeness (QED) is 0.886. The molecule has 120 valence electrons. The number of nitrogen functional groups attached to an aromatic ring is 1. The van der Waals surface area contributed by atoms with Gasteiger partial charge in [0.05, 0.1) is 0 Å². The first-order chi connectivity index (χ1) is 11.1. The highest BCUT2D eigenvalue weighted by Crippen LogP contribution is 2.21. The Kier molecular flexibility index (Phi) is 4.46. The van der Waals surface area contributed by atoms with Crippen LogP contribution in [0.15, 0.2) is 48.5 Å². The zero-order valence-electron chi connectivity index (χ0n) is 12.7. The van der Waals surface area contributed by atoms with Gasteiger partial charge in [0.25, 0.3) is 5.91 Å². The monoisotopic (exact) mass is 314 g/mol. The molecule has 5 heteroatoms. The number of nitrogens with zero attached hydrogens (tertiary/aromatic N) is 1. The summed E-state index contributed by atoms with van der Waals surface area (Å²) in [5.74, 6) is 0.379. The van der Waals surface area contributed by atoms with E-state index in [0.717, 1.165) is 12.8 Å². The van der Waals surface area contributed by atoms with Crippen molar-refractivity contribution in [2.75, 3.05) is 18.8 Å². The second-order valence-corrected chi connectivity index (χ2v) is 5.69. The van der Waals surface area contributed by atoms with E-state index in [4.69, 9.17) is 10.5 Å². The number of carbonyl (C=O) groups is 1. The Morgan fingerprint density at radius 1 is 1.13 bits per heavy atom. The maximum atomic E-state index is 12.9. The van der Waals surface area contributed by atoms with Gasteiger partial charge in [-0.05, 0) is 42.5 Å². The van der Waals surface area contributed by atoms with Crippen LogP contribution in [0.3, 0.4) is 0 Å². The van der Waals surface area contributed by atoms with Crippen molar-refractivity contribution in [1.82, 2.24) is 4.90 Å². The van der Waals surface area contributed by atoms with E-state index in [9.17, 15) is 9.18 Å². The molecule has 0 bridgehead atoms. The van der Waals surface area contributed by atoms with Crippen molar-refractivity contribution in [2.45, 2.75) is 18.9 Å². The zero-order chi connectivity index (χ0) is 16.2. The molecule has 0 aliphatic carbocycles. The fraction of sp³-hybridized carbons (Fsp3) is 0.278. The summed E-state index contributed by atoms with van der Waals surface area (Å²) < 4.78 is 18.7. The van der Waals surface area contributed by atoms with Crippen LogP contribution in [0, 0.1) is 5.82 Å². The molecule has 0 atom stereocenters. The average molecular weight is 314 g/mol. The molecule has 1 aliphatic rings. The number of halogens is 1. The van der Waals surface area contributed by atoms with Crippen LogP contribution in [0.5, 0.6) is 5.75 Å². The standard InChI is InChI=1S/C18H19FN2O2/c19-14-4-6-16(7-5-14)23-17-8-10-21(11-9-17)18(22)13-2-1-3-15(20)12-13/h1-7,12,17H,8-11,20H2. The minimum absolute atomic E-state index is 0.00229. The lowest BCUT2D eigenvalue weighted by atomic mass is 10.1. The van der Waals surface area contributed by atoms with Gasteiger partial charge in [-0.25, -0.2) is 4.39 Å². The molecule has 1 amide bonds. The second-order valence-electron chi connectivity index (χ2n) is 5.69. The smallest absolute Gasteiger partial charge is 0.253 e. The molecule has 23 heavy (non-hydrogen) atoms. The molecular formula is C18H19FN2O2. The number of likely N-dealkylation sites (tertiary alicyclic amines) is 1. The van der Waals surface area contributed by atoms with Crippen LogP contribution in [0.4, 0.5) is 10.1 Å². The lowest BCUT2D eigenvalue weighted by molar-refractivity contribution is 0.0595. The van der Waals surface area contributed by atoms with Gasteiger partial charge in [0, 0.05) is 37.2 Å². The highest BCUT2D eigenvalue weighted by molar-refractivity contribution is 5.95. The topological polar surface area (TPSA) is 55.6 Å². The van der Waals surface area contributed by atoms with Crippen molar-refractivity contribution in [3.05, 3.63) is 59.9 Å². The summed E-state index contributed by atoms with van der Waals surface area (Å²) in [6.45, 7) is 1.28. The van der Waals surface area contributed by atoms with Crippen LogP contribution in [-0.4, -0.2) is 30.0 Å². The van der Waals surface area contributed by atoms with E-state index in [1.54, 1.807) is 36.4 Å². The molecule has 3 rings (SSSR count). The van der Waals surface area contributed by atoms with Gasteiger partial charge in [0.15, 0.2) is 0 Å². The SMILES string of the molecule is Nc1cccc(C(=O)N2CCC(Oc3ccc(F)cc3)CC2)c1. The maximum Gasteiger partial charge on any atom is 0.253 e. The van der Waals surface area contributed by atoms with E-state index in [0.29, 0.717) is 30.1 Å². The Morgan fingerprint density at radius 3 is 2.48 bits per heavy atom. The Bertz CT molecular complexity index is 680. The third-order valence-electron chi connectivity index (χ3n) is 3.98. The van der Waals surface area contributed by atoms with Crippen molar-refractivity contribution < 1.29 is 13.9 Å². The normalized spacial score (nSPS) is 15.4. The molecule has 0 aromatic heterocycles. The van der Waals surface area contributed by atoms with Crippen LogP contribution in [-0.2, 0) is 0 Å². The van der Waals surface area contributed by atoms with Crippen molar-refractivity contribution in [2.24, 2.45) is 0 Å². The Balaban J connectivity index is 1.55. The molecule has 4 nitrogen and oxygen atoms in total. The summed E-state index contributed by atoms with van der Waals surface area (Å²) >= 11 is 0. The lowest BCUT2D eigenvalue weighted by Crippen LogP contribution is -2.41. The van der Waals surface area contributed by atoms with Crippen LogP contribution in [0.25, 0.3) is 0 Å². The maximum absolute atomic E-state index is 12.9. The number of anilines is 1. The minimum Gasteiger partial charge on any atom is -0.490 e. The van der Waals surface area contributed by atoms with Crippen LogP contribution in [0.2, 0.25) is 0 Å². The van der Waals surface area contributed by atoms with Gasteiger partial charge < -0.3 is 15.4 Å². The first-order valence-corrected chi connectivity index (χ1v) is 7.69. The second kappa shape index (κ2) is 6.69. The Labute approximate surface area is 134 Å². The zero-order valence-corrected chi connectivity index (χ0v) is 12.7. The first-order valence-electron chi connectivity index (χ1n) is 7.69. The molecule has 2 N–H and O–H groups in total. The van der Waals surface area contributed by atoms with Gasteiger partial charge in [-0.15, -0.1) is 0 Å². The number of rotatable bonds is 3. The third-order valence-corrected chi connectivity index (χ3v) is 3.98. The van der Waals surface area contributed by atoms with Crippen LogP contribution < -0.4 is 10.5 Å². The van der Waals surface area contributed by atoms with Gasteiger partial charge in [-0.1, -0.05) is 6.07 Å². The fourth-order valence-electron chi connectivity index (χ4n) is 2.74. The summed E-state index contributed by atoms with van der Waals surface area (Å²) in [4.78, 5) is 14.3. The average Bonchev–Trinajstić information content (AvgIpc) is 2.57. The van der Waals surface area contributed by atoms with E-state index in [2.05, 4.69) is 0 Å². The number of amides is 1. The summed E-state index contributed by atoms with van der Waals surface area (Å²) in [5, 5.41) is 0. The Hall–Kier alpha value is -2.56. The molecule has 2 aromatic rings. The molecular weight excluding hydrogens is 295 g/mol. The van der Waals surface area contributed by atoms with E-state index in [1.165, 1.54) is 12.1 Å². The molecule has 0 saturated carbocycles. The number of ether oxygens (including phenoxy) is 1.